The van der Waals surface area contributed by atoms with Crippen molar-refractivity contribution >= 4 is 46.7 Å². The lowest BCUT2D eigenvalue weighted by atomic mass is 9.90. The number of hydrogen-bond donors (Lipinski definition) is 0. The van der Waals surface area contributed by atoms with Gasteiger partial charge in [0.1, 0.15) is 4.91 Å². The Labute approximate surface area is 304 Å². The summed E-state index contributed by atoms with van der Waals surface area (Å²) in [5, 5.41) is 0.220. The largest absolute Gasteiger partial charge is 0.489 e. The zero-order chi connectivity index (χ0) is 36.9. The smallest absolute Gasteiger partial charge is 0.477 e. The molecule has 0 atom stereocenters. The van der Waals surface area contributed by atoms with E-state index in [9.17, 15) is 24.1 Å². The Morgan fingerprint density at radius 2 is 0.780 bits per heavy atom. The van der Waals surface area contributed by atoms with Gasteiger partial charge < -0.3 is 18.9 Å². The summed E-state index contributed by atoms with van der Waals surface area (Å²) in [6.45, 7) is 3.96. The average Bonchev–Trinajstić information content (AvgIpc) is 3.11. The van der Waals surface area contributed by atoms with Crippen molar-refractivity contribution in [3.8, 4) is 0 Å². The van der Waals surface area contributed by atoms with Gasteiger partial charge in [-0.3, -0.25) is 19.2 Å². The zero-order valence-corrected chi connectivity index (χ0v) is 32.1. The highest BCUT2D eigenvalue weighted by molar-refractivity contribution is 7.99. The van der Waals surface area contributed by atoms with Crippen molar-refractivity contribution in [2.45, 2.75) is 90.9 Å². The lowest BCUT2D eigenvalue weighted by molar-refractivity contribution is -0.981. The number of rotatable bonds is 28. The third-order valence-corrected chi connectivity index (χ3v) is 10.7. The molecule has 0 N–H and O–H groups in total. The van der Waals surface area contributed by atoms with E-state index in [4.69, 9.17) is 28.6 Å². The third-order valence-electron chi connectivity index (χ3n) is 8.38. The maximum Gasteiger partial charge on any atom is 0.477 e. The molecule has 50 heavy (non-hydrogen) atoms. The number of ketones is 4. The van der Waals surface area contributed by atoms with Crippen molar-refractivity contribution in [3.05, 3.63) is 50.2 Å². The minimum absolute atomic E-state index is 0.0173. The first-order chi connectivity index (χ1) is 24.1. The van der Waals surface area contributed by atoms with Crippen molar-refractivity contribution in [2.75, 3.05) is 64.7 Å². The number of carbonyl (C=O) groups is 4. The molecule has 0 heterocycles. The maximum atomic E-state index is 12.7. The molecule has 0 radical (unpaired) electrons. The number of unbranched alkanes of at least 4 members (excludes halogenated alkanes) is 6. The number of allylic oxidation sites excluding steroid dienone is 4. The second-order valence-electron chi connectivity index (χ2n) is 11.8. The molecule has 0 aliphatic heterocycles. The van der Waals surface area contributed by atoms with Gasteiger partial charge in [0.2, 0.25) is 46.2 Å². The molecule has 0 fully saturated rings. The van der Waals surface area contributed by atoms with Crippen LogP contribution in [0.5, 0.6) is 0 Å². The molecule has 0 aromatic carbocycles. The summed E-state index contributed by atoms with van der Waals surface area (Å²) in [5.74, 6) is 2.58. The van der Waals surface area contributed by atoms with Crippen LogP contribution >= 0.6 is 23.5 Å². The van der Waals surface area contributed by atoms with Crippen LogP contribution in [0.2, 0.25) is 0 Å². The monoisotopic (exact) mass is 740 g/mol. The topological polar surface area (TPSA) is 144 Å². The van der Waals surface area contributed by atoms with Crippen LogP contribution in [0.1, 0.15) is 90.9 Å². The van der Waals surface area contributed by atoms with Crippen molar-refractivity contribution in [2.24, 2.45) is 0 Å². The second-order valence-corrected chi connectivity index (χ2v) is 14.3. The standard InChI is InChI=1S/C36H54NO11S2/c1-25-27(31(40)35(45-5)33(43-3)29(25)38)17-15-23-49-21-13-9-7-11-19-47-37(42)48-20-12-8-10-14-22-50-24-16-18-28-26(2)30(39)34(44-4)36(46-6)32(28)41/h7-24H2,1-6H3/q+1. The fourth-order valence-electron chi connectivity index (χ4n) is 5.53. The highest BCUT2D eigenvalue weighted by Gasteiger charge is 2.35. The van der Waals surface area contributed by atoms with E-state index in [2.05, 4.69) is 0 Å². The lowest BCUT2D eigenvalue weighted by Crippen LogP contribution is -2.25. The predicted octanol–water partition coefficient (Wildman–Crippen LogP) is 6.72. The third kappa shape index (κ3) is 13.1. The molecule has 2 rings (SSSR count). The molecule has 0 amide bonds. The predicted molar refractivity (Wildman–Crippen MR) is 193 cm³/mol. The molecule has 12 nitrogen and oxygen atoms in total. The molecule has 0 saturated carbocycles. The lowest BCUT2D eigenvalue weighted by Gasteiger charge is -2.20. The highest BCUT2D eigenvalue weighted by atomic mass is 32.2. The summed E-state index contributed by atoms with van der Waals surface area (Å²) in [6.07, 6.45) is 10.3. The molecule has 0 spiro atoms. The SMILES string of the molecule is COC1=C(OC)C(=O)C(CCCSCCCCCCO[N+](=O)OCCCCCCSCCCC2=C(C)C(=O)C(OC)=C(OC)C2=O)=C(C)C1=O. The van der Waals surface area contributed by atoms with Gasteiger partial charge in [-0.25, -0.2) is 0 Å². The summed E-state index contributed by atoms with van der Waals surface area (Å²) in [7, 11) is 5.45. The summed E-state index contributed by atoms with van der Waals surface area (Å²) in [6, 6.07) is 0. The van der Waals surface area contributed by atoms with Gasteiger partial charge in [-0.2, -0.15) is 33.2 Å². The summed E-state index contributed by atoms with van der Waals surface area (Å²) >= 11 is 3.65. The molecular formula is C36H54NO11S2+. The van der Waals surface area contributed by atoms with Crippen LogP contribution in [0.4, 0.5) is 0 Å². The van der Waals surface area contributed by atoms with E-state index in [0.29, 0.717) is 48.3 Å². The van der Waals surface area contributed by atoms with Crippen molar-refractivity contribution in [1.29, 1.82) is 0 Å². The molecule has 280 valence electrons. The summed E-state index contributed by atoms with van der Waals surface area (Å²) in [5.41, 5.74) is 1.87. The Morgan fingerprint density at radius 1 is 0.460 bits per heavy atom. The van der Waals surface area contributed by atoms with Gasteiger partial charge in [-0.1, -0.05) is 12.8 Å². The molecule has 14 heteroatoms. The van der Waals surface area contributed by atoms with E-state index < -0.39 is 0 Å². The average molecular weight is 741 g/mol. The fraction of sp³-hybridized carbons (Fsp3) is 0.667. The van der Waals surface area contributed by atoms with Crippen molar-refractivity contribution in [3.63, 3.8) is 0 Å². The zero-order valence-electron chi connectivity index (χ0n) is 30.5. The number of nitrogens with zero attached hydrogens (tertiary/aromatic N) is 1. The van der Waals surface area contributed by atoms with Crippen LogP contribution < -0.4 is 0 Å². The Hall–Kier alpha value is -3.26. The van der Waals surface area contributed by atoms with Gasteiger partial charge in [-0.15, -0.1) is 0 Å². The van der Waals surface area contributed by atoms with E-state index in [1.54, 1.807) is 13.8 Å². The van der Waals surface area contributed by atoms with Crippen LogP contribution in [-0.4, -0.2) is 92.9 Å². The normalized spacial score (nSPS) is 15.3. The number of ether oxygens (including phenoxy) is 4. The second kappa shape index (κ2) is 24.0. The number of carbonyl (C=O) groups excluding carboxylic acids is 4. The quantitative estimate of drug-likeness (QED) is 0.0476. The fourth-order valence-corrected chi connectivity index (χ4v) is 7.45. The Morgan fingerprint density at radius 3 is 1.14 bits per heavy atom. The number of Topliss-reactive ketones (excluding diaryl/α,β-unsaturated/α-hetero) is 4. The first-order valence-corrected chi connectivity index (χ1v) is 19.6. The molecule has 0 aromatic rings. The first-order valence-electron chi connectivity index (χ1n) is 17.3. The minimum atomic E-state index is -0.294. The first kappa shape index (κ1) is 42.9. The Kier molecular flexibility index (Phi) is 20.6. The van der Waals surface area contributed by atoms with Gasteiger partial charge in [0.05, 0.1) is 28.4 Å². The minimum Gasteiger partial charge on any atom is -0.489 e. The van der Waals surface area contributed by atoms with E-state index >= 15 is 0 Å². The van der Waals surface area contributed by atoms with Crippen LogP contribution in [-0.2, 0) is 47.8 Å². The van der Waals surface area contributed by atoms with Gasteiger partial charge in [0.15, 0.2) is 13.2 Å². The molecule has 2 aliphatic rings. The van der Waals surface area contributed by atoms with Gasteiger partial charge >= 0.3 is 5.09 Å². The van der Waals surface area contributed by atoms with Gasteiger partial charge in [-0.05, 0) is 101 Å². The van der Waals surface area contributed by atoms with Crippen molar-refractivity contribution in [1.82, 2.24) is 0 Å². The van der Waals surface area contributed by atoms with Gasteiger partial charge in [0, 0.05) is 22.3 Å². The van der Waals surface area contributed by atoms with E-state index in [0.717, 1.165) is 87.2 Å². The Balaban J connectivity index is 1.39. The molecular weight excluding hydrogens is 687 g/mol. The molecule has 0 aromatic heterocycles. The van der Waals surface area contributed by atoms with Crippen LogP contribution in [0.3, 0.4) is 0 Å². The molecule has 0 unspecified atom stereocenters. The van der Waals surface area contributed by atoms with Crippen LogP contribution in [0, 0.1) is 4.91 Å². The summed E-state index contributed by atoms with van der Waals surface area (Å²) in [4.78, 5) is 72.2. The van der Waals surface area contributed by atoms with Crippen molar-refractivity contribution < 1.29 is 52.9 Å². The van der Waals surface area contributed by atoms with E-state index in [-0.39, 0.29) is 51.3 Å². The number of methoxy groups -OCH3 is 4. The highest BCUT2D eigenvalue weighted by Crippen LogP contribution is 2.30. The molecule has 2 aliphatic carbocycles. The molecule has 0 bridgehead atoms. The maximum absolute atomic E-state index is 12.7. The van der Waals surface area contributed by atoms with Crippen LogP contribution in [0.15, 0.2) is 45.3 Å². The number of hydrogen-bond acceptors (Lipinski definition) is 13. The Bertz CT molecular complexity index is 1230. The molecule has 0 saturated heterocycles. The number of thioether (sulfide) groups is 2. The van der Waals surface area contributed by atoms with Gasteiger partial charge in [0.25, 0.3) is 0 Å². The van der Waals surface area contributed by atoms with E-state index in [1.807, 2.05) is 23.5 Å². The van der Waals surface area contributed by atoms with Crippen LogP contribution in [0.25, 0.3) is 0 Å². The summed E-state index contributed by atoms with van der Waals surface area (Å²) < 4.78 is 20.4. The van der Waals surface area contributed by atoms with E-state index in [1.165, 1.54) is 28.4 Å².